The van der Waals surface area contributed by atoms with Gasteiger partial charge in [-0.25, -0.2) is 0 Å². The molecule has 22 heavy (non-hydrogen) atoms. The van der Waals surface area contributed by atoms with Crippen LogP contribution in [-0.2, 0) is 17.6 Å². The summed E-state index contributed by atoms with van der Waals surface area (Å²) >= 11 is 6.25. The highest BCUT2D eigenvalue weighted by Gasteiger charge is 2.06. The van der Waals surface area contributed by atoms with Crippen LogP contribution < -0.4 is 15.8 Å². The van der Waals surface area contributed by atoms with Crippen molar-refractivity contribution in [2.45, 2.75) is 19.8 Å². The Balaban J connectivity index is 1.95. The van der Waals surface area contributed by atoms with E-state index in [0.717, 1.165) is 16.4 Å². The number of Topliss-reactive ketones (excluding diaryl/α,β-unsaturated/α-hetero) is 1. The first-order valence-corrected chi connectivity index (χ1v) is 7.96. The molecule has 2 aromatic rings. The van der Waals surface area contributed by atoms with Gasteiger partial charge in [-0.2, -0.15) is 0 Å². The molecule has 2 aromatic carbocycles. The Bertz CT molecular complexity index is 688. The molecule has 0 aliphatic carbocycles. The van der Waals surface area contributed by atoms with Gasteiger partial charge in [0.15, 0.2) is 0 Å². The van der Waals surface area contributed by atoms with E-state index in [1.54, 1.807) is 6.92 Å². The normalized spacial score (nSPS) is 10.5. The van der Waals surface area contributed by atoms with Gasteiger partial charge in [-0.15, -0.1) is 9.24 Å². The highest BCUT2D eigenvalue weighted by atomic mass is 35.5. The van der Waals surface area contributed by atoms with E-state index >= 15 is 0 Å². The van der Waals surface area contributed by atoms with Crippen molar-refractivity contribution in [3.63, 3.8) is 0 Å². The summed E-state index contributed by atoms with van der Waals surface area (Å²) in [5.41, 5.74) is 8.45. The van der Waals surface area contributed by atoms with Crippen molar-refractivity contribution in [2.75, 3.05) is 12.3 Å². The first-order chi connectivity index (χ1) is 10.5. The van der Waals surface area contributed by atoms with Gasteiger partial charge in [0.1, 0.15) is 11.5 Å². The van der Waals surface area contributed by atoms with Gasteiger partial charge in [-0.1, -0.05) is 29.8 Å². The Kier molecular flexibility index (Phi) is 5.82. The molecule has 0 saturated carbocycles. The number of anilines is 1. The van der Waals surface area contributed by atoms with E-state index in [2.05, 4.69) is 9.24 Å². The number of nitrogens with two attached hydrogens (primary N) is 1. The standard InChI is InChI=1S/C17H19ClNO2P/c1-11(20)8-12-2-3-13(15(18)9-12)6-7-21-17-5-4-14(22)10-16(17)19/h2-5,9-10H,6-8,19,22H2,1H3. The molecule has 0 amide bonds. The van der Waals surface area contributed by atoms with E-state index in [-0.39, 0.29) is 5.78 Å². The molecule has 2 N–H and O–H groups in total. The lowest BCUT2D eigenvalue weighted by molar-refractivity contribution is -0.116. The van der Waals surface area contributed by atoms with Gasteiger partial charge in [-0.05, 0) is 41.6 Å². The maximum absolute atomic E-state index is 11.1. The number of halogens is 1. The van der Waals surface area contributed by atoms with Crippen LogP contribution in [0.2, 0.25) is 5.02 Å². The van der Waals surface area contributed by atoms with Crippen LogP contribution in [0.25, 0.3) is 0 Å². The Morgan fingerprint density at radius 2 is 2.05 bits per heavy atom. The predicted molar refractivity (Wildman–Crippen MR) is 95.2 cm³/mol. The number of hydrogen-bond donors (Lipinski definition) is 1. The zero-order chi connectivity index (χ0) is 16.1. The van der Waals surface area contributed by atoms with Gasteiger partial charge in [0.2, 0.25) is 0 Å². The van der Waals surface area contributed by atoms with Crippen molar-refractivity contribution >= 4 is 37.6 Å². The van der Waals surface area contributed by atoms with Crippen molar-refractivity contribution in [3.8, 4) is 5.75 Å². The molecule has 0 aromatic heterocycles. The molecular weight excluding hydrogens is 317 g/mol. The van der Waals surface area contributed by atoms with Gasteiger partial charge in [-0.3, -0.25) is 4.79 Å². The average Bonchev–Trinajstić information content (AvgIpc) is 2.43. The molecule has 0 aliphatic heterocycles. The lowest BCUT2D eigenvalue weighted by Gasteiger charge is -2.11. The Morgan fingerprint density at radius 3 is 2.68 bits per heavy atom. The quantitative estimate of drug-likeness (QED) is 0.651. The van der Waals surface area contributed by atoms with Crippen LogP contribution in [0.1, 0.15) is 18.1 Å². The second kappa shape index (κ2) is 7.62. The van der Waals surface area contributed by atoms with Crippen LogP contribution in [0.5, 0.6) is 5.75 Å². The summed E-state index contributed by atoms with van der Waals surface area (Å²) in [5, 5.41) is 1.68. The number of rotatable bonds is 6. The van der Waals surface area contributed by atoms with Crippen molar-refractivity contribution in [2.24, 2.45) is 0 Å². The summed E-state index contributed by atoms with van der Waals surface area (Å²) in [7, 11) is 2.60. The summed E-state index contributed by atoms with van der Waals surface area (Å²) in [6, 6.07) is 11.4. The minimum atomic E-state index is 0.125. The lowest BCUT2D eigenvalue weighted by Crippen LogP contribution is -2.06. The highest BCUT2D eigenvalue weighted by molar-refractivity contribution is 7.27. The number of hydrogen-bond acceptors (Lipinski definition) is 3. The van der Waals surface area contributed by atoms with Crippen molar-refractivity contribution in [1.82, 2.24) is 0 Å². The van der Waals surface area contributed by atoms with E-state index in [1.165, 1.54) is 0 Å². The average molecular weight is 336 g/mol. The smallest absolute Gasteiger partial charge is 0.142 e. The number of ketones is 1. The molecule has 1 atom stereocenters. The van der Waals surface area contributed by atoms with Gasteiger partial charge >= 0.3 is 0 Å². The van der Waals surface area contributed by atoms with Crippen LogP contribution in [0.3, 0.4) is 0 Å². The number of benzene rings is 2. The van der Waals surface area contributed by atoms with Crippen molar-refractivity contribution in [3.05, 3.63) is 52.5 Å². The first kappa shape index (κ1) is 16.8. The minimum absolute atomic E-state index is 0.125. The van der Waals surface area contributed by atoms with Gasteiger partial charge < -0.3 is 10.5 Å². The molecule has 5 heteroatoms. The summed E-state index contributed by atoms with van der Waals surface area (Å²) in [4.78, 5) is 11.1. The summed E-state index contributed by atoms with van der Waals surface area (Å²) < 4.78 is 5.70. The predicted octanol–water partition coefficient (Wildman–Crippen LogP) is 3.18. The van der Waals surface area contributed by atoms with Crippen LogP contribution >= 0.6 is 20.8 Å². The second-order valence-electron chi connectivity index (χ2n) is 5.20. The zero-order valence-corrected chi connectivity index (χ0v) is 14.3. The van der Waals surface area contributed by atoms with Gasteiger partial charge in [0.25, 0.3) is 0 Å². The monoisotopic (exact) mass is 335 g/mol. The molecule has 116 valence electrons. The minimum Gasteiger partial charge on any atom is -0.491 e. The SMILES string of the molecule is CC(=O)Cc1ccc(CCOc2ccc(P)cc2N)c(Cl)c1. The summed E-state index contributed by atoms with van der Waals surface area (Å²) in [5.74, 6) is 0.802. The zero-order valence-electron chi connectivity index (χ0n) is 12.4. The van der Waals surface area contributed by atoms with E-state index in [4.69, 9.17) is 22.1 Å². The molecule has 0 aliphatic rings. The third-order valence-electron chi connectivity index (χ3n) is 3.23. The van der Waals surface area contributed by atoms with Crippen LogP contribution in [0.15, 0.2) is 36.4 Å². The fourth-order valence-corrected chi connectivity index (χ4v) is 2.73. The molecule has 0 fully saturated rings. The Morgan fingerprint density at radius 1 is 1.27 bits per heavy atom. The van der Waals surface area contributed by atoms with E-state index in [1.807, 2.05) is 36.4 Å². The molecule has 2 rings (SSSR count). The van der Waals surface area contributed by atoms with Crippen molar-refractivity contribution < 1.29 is 9.53 Å². The molecule has 0 radical (unpaired) electrons. The summed E-state index contributed by atoms with van der Waals surface area (Å²) in [6.45, 7) is 2.06. The fourth-order valence-electron chi connectivity index (χ4n) is 2.16. The lowest BCUT2D eigenvalue weighted by atomic mass is 10.1. The van der Waals surface area contributed by atoms with E-state index in [9.17, 15) is 4.79 Å². The Labute approximate surface area is 138 Å². The first-order valence-electron chi connectivity index (χ1n) is 7.00. The third kappa shape index (κ3) is 4.72. The molecule has 3 nitrogen and oxygen atoms in total. The highest BCUT2D eigenvalue weighted by Crippen LogP contribution is 2.22. The van der Waals surface area contributed by atoms with Crippen LogP contribution in [0.4, 0.5) is 5.69 Å². The van der Waals surface area contributed by atoms with Crippen LogP contribution in [0, 0.1) is 0 Å². The number of carbonyl (C=O) groups excluding carboxylic acids is 1. The Hall–Kier alpha value is -1.57. The van der Waals surface area contributed by atoms with Crippen molar-refractivity contribution in [1.29, 1.82) is 0 Å². The second-order valence-corrected chi connectivity index (χ2v) is 6.27. The number of carbonyl (C=O) groups is 1. The molecule has 0 bridgehead atoms. The molecule has 0 heterocycles. The largest absolute Gasteiger partial charge is 0.491 e. The molecule has 1 unspecified atom stereocenters. The summed E-state index contributed by atoms with van der Waals surface area (Å²) in [6.07, 6.45) is 1.09. The maximum atomic E-state index is 11.1. The van der Waals surface area contributed by atoms with E-state index in [0.29, 0.717) is 35.9 Å². The molecule has 0 spiro atoms. The fraction of sp³-hybridized carbons (Fsp3) is 0.235. The third-order valence-corrected chi connectivity index (χ3v) is 3.94. The number of nitrogen functional groups attached to an aromatic ring is 1. The molecular formula is C17H19ClNO2P. The van der Waals surface area contributed by atoms with Crippen LogP contribution in [-0.4, -0.2) is 12.4 Å². The molecule has 0 saturated heterocycles. The van der Waals surface area contributed by atoms with Gasteiger partial charge in [0.05, 0.1) is 12.3 Å². The number of ether oxygens (including phenoxy) is 1. The van der Waals surface area contributed by atoms with Gasteiger partial charge in [0, 0.05) is 17.9 Å². The topological polar surface area (TPSA) is 52.3 Å². The maximum Gasteiger partial charge on any atom is 0.142 e. The van der Waals surface area contributed by atoms with E-state index < -0.39 is 0 Å².